The molecule has 2 aliphatic rings. The minimum Gasteiger partial charge on any atom is -0.474 e. The molecular weight excluding hydrogens is 490 g/mol. The maximum Gasteiger partial charge on any atom is 0.290 e. The van der Waals surface area contributed by atoms with Gasteiger partial charge in [0.25, 0.3) is 12.0 Å². The number of nitrogens with zero attached hydrogens (tertiary/aromatic N) is 4. The quantitative estimate of drug-likeness (QED) is 0.231. The van der Waals surface area contributed by atoms with Crippen molar-refractivity contribution >= 4 is 35.0 Å². The maximum atomic E-state index is 7.28. The molecule has 1 aliphatic carbocycles. The Labute approximate surface area is 219 Å². The first-order valence-corrected chi connectivity index (χ1v) is 13.1. The number of aliphatic imine (C=N–C) groups is 1. The summed E-state index contributed by atoms with van der Waals surface area (Å²) in [6, 6.07) is 7.41. The van der Waals surface area contributed by atoms with Crippen molar-refractivity contribution in [1.29, 1.82) is 5.41 Å². The average Bonchev–Trinajstić information content (AvgIpc) is 3.32. The number of rotatable bonds is 7. The molecule has 2 aromatic heterocycles. The monoisotopic (exact) mass is 521 g/mol. The molecule has 3 aromatic rings. The van der Waals surface area contributed by atoms with Crippen LogP contribution >= 0.6 is 11.3 Å². The number of aromatic nitrogens is 3. The minimum absolute atomic E-state index is 0.114. The normalized spacial score (nSPS) is 17.6. The number of benzene rings is 1. The van der Waals surface area contributed by atoms with Gasteiger partial charge in [-0.25, -0.2) is 15.0 Å². The number of ether oxygens (including phenoxy) is 2. The first kappa shape index (κ1) is 24.9. The van der Waals surface area contributed by atoms with E-state index in [1.807, 2.05) is 19.2 Å². The van der Waals surface area contributed by atoms with E-state index in [2.05, 4.69) is 42.7 Å². The van der Waals surface area contributed by atoms with Gasteiger partial charge in [-0.05, 0) is 75.4 Å². The lowest BCUT2D eigenvalue weighted by Gasteiger charge is -2.36. The van der Waals surface area contributed by atoms with Gasteiger partial charge in [-0.3, -0.25) is 5.41 Å². The van der Waals surface area contributed by atoms with Gasteiger partial charge in [-0.1, -0.05) is 6.07 Å². The number of amidine groups is 2. The Balaban J connectivity index is 1.34. The second-order valence-electron chi connectivity index (χ2n) is 9.33. The summed E-state index contributed by atoms with van der Waals surface area (Å²) in [7, 11) is 0. The largest absolute Gasteiger partial charge is 0.474 e. The van der Waals surface area contributed by atoms with Crippen molar-refractivity contribution in [3.05, 3.63) is 47.2 Å². The molecule has 37 heavy (non-hydrogen) atoms. The standard InChI is InChI=1S/C25H31N9O2S/c1-15-11-16(19-14-31-21(37-19)25(6-2-7-25)34-23(28)36-22(26)27)13-17(12-15)32-24-30-10-5-20(33-24)35-18-3-8-29-9-4-18/h5,10-14,18,29H,2-4,6-9H2,1H3,(H3,26,27)(H2,28,34)(H,30,32,33). The number of hydrogen-bond donors (Lipinski definition) is 5. The molecule has 1 saturated heterocycles. The zero-order valence-corrected chi connectivity index (χ0v) is 21.5. The molecule has 0 atom stereocenters. The van der Waals surface area contributed by atoms with Crippen LogP contribution in [0.3, 0.4) is 0 Å². The van der Waals surface area contributed by atoms with Crippen molar-refractivity contribution < 1.29 is 9.47 Å². The molecule has 7 N–H and O–H groups in total. The number of nitrogens with two attached hydrogens (primary N) is 2. The summed E-state index contributed by atoms with van der Waals surface area (Å²) in [5, 5.41) is 14.8. The number of nitrogens with one attached hydrogen (secondary N) is 3. The fourth-order valence-electron chi connectivity index (χ4n) is 4.53. The lowest BCUT2D eigenvalue weighted by Crippen LogP contribution is -2.36. The summed E-state index contributed by atoms with van der Waals surface area (Å²) in [4.78, 5) is 19.2. The second-order valence-corrected chi connectivity index (χ2v) is 10.4. The van der Waals surface area contributed by atoms with Crippen LogP contribution in [-0.2, 0) is 10.3 Å². The number of hydrogen-bond acceptors (Lipinski definition) is 10. The van der Waals surface area contributed by atoms with Crippen molar-refractivity contribution in [3.63, 3.8) is 0 Å². The van der Waals surface area contributed by atoms with E-state index in [4.69, 9.17) is 26.4 Å². The lowest BCUT2D eigenvalue weighted by molar-refractivity contribution is 0.156. The number of aryl methyl sites for hydroxylation is 1. The molecule has 2 fully saturated rings. The van der Waals surface area contributed by atoms with Gasteiger partial charge in [0.2, 0.25) is 11.8 Å². The van der Waals surface area contributed by atoms with E-state index in [-0.39, 0.29) is 12.1 Å². The fourth-order valence-corrected chi connectivity index (χ4v) is 5.63. The van der Waals surface area contributed by atoms with E-state index in [0.717, 1.165) is 71.9 Å². The smallest absolute Gasteiger partial charge is 0.290 e. The predicted molar refractivity (Wildman–Crippen MR) is 144 cm³/mol. The Bertz CT molecular complexity index is 1300. The van der Waals surface area contributed by atoms with E-state index < -0.39 is 11.6 Å². The van der Waals surface area contributed by atoms with Gasteiger partial charge in [0, 0.05) is 24.1 Å². The third kappa shape index (κ3) is 5.97. The van der Waals surface area contributed by atoms with Crippen molar-refractivity contribution in [2.24, 2.45) is 16.5 Å². The van der Waals surface area contributed by atoms with Crippen LogP contribution in [-0.4, -0.2) is 46.2 Å². The van der Waals surface area contributed by atoms with Crippen LogP contribution in [0.2, 0.25) is 0 Å². The highest BCUT2D eigenvalue weighted by Gasteiger charge is 2.42. The number of anilines is 2. The molecule has 0 radical (unpaired) electrons. The maximum absolute atomic E-state index is 7.28. The lowest BCUT2D eigenvalue weighted by atomic mass is 9.78. The topological polar surface area (TPSA) is 169 Å². The molecule has 5 rings (SSSR count). The van der Waals surface area contributed by atoms with Crippen molar-refractivity contribution in [2.45, 2.75) is 50.7 Å². The Hall–Kier alpha value is -3.77. The van der Waals surface area contributed by atoms with Gasteiger partial charge < -0.3 is 31.6 Å². The van der Waals surface area contributed by atoms with Crippen LogP contribution in [0.5, 0.6) is 5.88 Å². The third-order valence-electron chi connectivity index (χ3n) is 6.44. The average molecular weight is 522 g/mol. The number of piperidine rings is 1. The van der Waals surface area contributed by atoms with Gasteiger partial charge >= 0.3 is 0 Å². The third-order valence-corrected chi connectivity index (χ3v) is 7.68. The van der Waals surface area contributed by atoms with Gasteiger partial charge in [0.05, 0.1) is 4.88 Å². The molecular formula is C25H31N9O2S. The van der Waals surface area contributed by atoms with E-state index in [0.29, 0.717) is 11.8 Å². The molecule has 0 bridgehead atoms. The summed E-state index contributed by atoms with van der Waals surface area (Å²) >= 11 is 1.58. The SMILES string of the molecule is Cc1cc(Nc2nccc(OC3CCNCC3)n2)cc(-c2cnc(C3(N=C(N)OC(=N)N)CCC3)s2)c1. The zero-order chi connectivity index (χ0) is 25.8. The summed E-state index contributed by atoms with van der Waals surface area (Å²) in [5.41, 5.74) is 13.6. The van der Waals surface area contributed by atoms with Crippen molar-refractivity contribution in [3.8, 4) is 16.3 Å². The van der Waals surface area contributed by atoms with Gasteiger partial charge in [0.1, 0.15) is 16.7 Å². The molecule has 12 heteroatoms. The molecule has 1 aliphatic heterocycles. The fraction of sp³-hybridized carbons (Fsp3) is 0.400. The van der Waals surface area contributed by atoms with E-state index in [1.165, 1.54) is 0 Å². The molecule has 0 spiro atoms. The zero-order valence-electron chi connectivity index (χ0n) is 20.7. The van der Waals surface area contributed by atoms with E-state index in [1.54, 1.807) is 23.6 Å². The predicted octanol–water partition coefficient (Wildman–Crippen LogP) is 3.39. The molecule has 3 heterocycles. The molecule has 1 aromatic carbocycles. The first-order chi connectivity index (χ1) is 17.9. The molecule has 0 unspecified atom stereocenters. The summed E-state index contributed by atoms with van der Waals surface area (Å²) in [6.07, 6.45) is 8.32. The highest BCUT2D eigenvalue weighted by atomic mass is 32.1. The summed E-state index contributed by atoms with van der Waals surface area (Å²) < 4.78 is 11.0. The first-order valence-electron chi connectivity index (χ1n) is 12.3. The van der Waals surface area contributed by atoms with Gasteiger partial charge in [-0.15, -0.1) is 11.3 Å². The molecule has 194 valence electrons. The molecule has 1 saturated carbocycles. The van der Waals surface area contributed by atoms with Crippen molar-refractivity contribution in [2.75, 3.05) is 18.4 Å². The van der Waals surface area contributed by atoms with Crippen LogP contribution in [0.4, 0.5) is 11.6 Å². The van der Waals surface area contributed by atoms with Gasteiger partial charge in [-0.2, -0.15) is 4.98 Å². The van der Waals surface area contributed by atoms with Crippen LogP contribution in [0, 0.1) is 12.3 Å². The highest BCUT2D eigenvalue weighted by Crippen LogP contribution is 2.47. The Morgan fingerprint density at radius 3 is 2.76 bits per heavy atom. The number of thiazole rings is 1. The van der Waals surface area contributed by atoms with Crippen LogP contribution < -0.4 is 26.8 Å². The Morgan fingerprint density at radius 1 is 1.22 bits per heavy atom. The van der Waals surface area contributed by atoms with E-state index in [9.17, 15) is 0 Å². The molecule has 11 nitrogen and oxygen atoms in total. The Kier molecular flexibility index (Phi) is 7.19. The highest BCUT2D eigenvalue weighted by molar-refractivity contribution is 7.15. The van der Waals surface area contributed by atoms with Crippen LogP contribution in [0.1, 0.15) is 42.7 Å². The van der Waals surface area contributed by atoms with Crippen molar-refractivity contribution in [1.82, 2.24) is 20.3 Å². The Morgan fingerprint density at radius 2 is 2.03 bits per heavy atom. The van der Waals surface area contributed by atoms with Gasteiger partial charge in [0.15, 0.2) is 0 Å². The van der Waals surface area contributed by atoms with Crippen LogP contribution in [0.15, 0.2) is 41.7 Å². The summed E-state index contributed by atoms with van der Waals surface area (Å²) in [6.45, 7) is 3.96. The molecule has 0 amide bonds. The summed E-state index contributed by atoms with van der Waals surface area (Å²) in [5.74, 6) is 1.06. The minimum atomic E-state index is -0.532. The second kappa shape index (κ2) is 10.7. The van der Waals surface area contributed by atoms with Crippen LogP contribution in [0.25, 0.3) is 10.4 Å². The van der Waals surface area contributed by atoms with E-state index >= 15 is 0 Å².